The van der Waals surface area contributed by atoms with Crippen LogP contribution >= 0.6 is 0 Å². The number of amides is 3. The van der Waals surface area contributed by atoms with Gasteiger partial charge in [-0.1, -0.05) is 30.3 Å². The Balaban J connectivity index is 1.16. The summed E-state index contributed by atoms with van der Waals surface area (Å²) in [4.78, 5) is 37.0. The number of ether oxygens (including phenoxy) is 1. The third kappa shape index (κ3) is 7.30. The molecule has 1 saturated carbocycles. The Hall–Kier alpha value is -3.91. The van der Waals surface area contributed by atoms with E-state index in [0.717, 1.165) is 36.5 Å². The van der Waals surface area contributed by atoms with Crippen LogP contribution in [0, 0.1) is 5.92 Å². The molecule has 3 aromatic carbocycles. The summed E-state index contributed by atoms with van der Waals surface area (Å²) < 4.78 is 6.06. The number of nitrogens with two attached hydrogens (primary N) is 1. The maximum absolute atomic E-state index is 12.5. The lowest BCUT2D eigenvalue weighted by atomic mass is 9.86. The zero-order valence-corrected chi connectivity index (χ0v) is 20.9. The fraction of sp³-hybridized carbons (Fsp3) is 0.345. The molecule has 0 heterocycles. The van der Waals surface area contributed by atoms with E-state index in [0.29, 0.717) is 43.1 Å². The van der Waals surface area contributed by atoms with Crippen LogP contribution in [0.2, 0.25) is 0 Å². The Kier molecular flexibility index (Phi) is 9.10. The molecule has 0 bridgehead atoms. The molecule has 5 N–H and O–H groups in total. The van der Waals surface area contributed by atoms with Crippen LogP contribution in [-0.2, 0) is 4.79 Å². The summed E-state index contributed by atoms with van der Waals surface area (Å²) >= 11 is 0. The van der Waals surface area contributed by atoms with Crippen molar-refractivity contribution in [2.24, 2.45) is 11.7 Å². The SMILES string of the molecule is NCCNC(=O)C1CCC(Oc2ccc(C(=O)NCCNC(=O)c3ccc4ccccc4c3)cc2)CC1. The van der Waals surface area contributed by atoms with Crippen LogP contribution in [0.15, 0.2) is 66.7 Å². The van der Waals surface area contributed by atoms with Crippen LogP contribution in [-0.4, -0.2) is 50.0 Å². The van der Waals surface area contributed by atoms with Gasteiger partial charge in [-0.15, -0.1) is 0 Å². The van der Waals surface area contributed by atoms with E-state index in [9.17, 15) is 14.4 Å². The maximum atomic E-state index is 12.5. The number of benzene rings is 3. The van der Waals surface area contributed by atoms with Gasteiger partial charge in [0.1, 0.15) is 5.75 Å². The number of carbonyl (C=O) groups is 3. The zero-order chi connectivity index (χ0) is 26.0. The molecule has 0 saturated heterocycles. The lowest BCUT2D eigenvalue weighted by Gasteiger charge is -2.28. The van der Waals surface area contributed by atoms with Crippen molar-refractivity contribution in [3.8, 4) is 5.75 Å². The van der Waals surface area contributed by atoms with Crippen LogP contribution < -0.4 is 26.4 Å². The van der Waals surface area contributed by atoms with Gasteiger partial charge < -0.3 is 26.4 Å². The maximum Gasteiger partial charge on any atom is 0.251 e. The topological polar surface area (TPSA) is 123 Å². The van der Waals surface area contributed by atoms with E-state index in [1.807, 2.05) is 36.4 Å². The smallest absolute Gasteiger partial charge is 0.251 e. The van der Waals surface area contributed by atoms with E-state index in [2.05, 4.69) is 16.0 Å². The predicted molar refractivity (Wildman–Crippen MR) is 143 cm³/mol. The molecule has 0 aromatic heterocycles. The molecular formula is C29H34N4O4. The first kappa shape index (κ1) is 26.2. The average Bonchev–Trinajstić information content (AvgIpc) is 2.94. The highest BCUT2D eigenvalue weighted by Gasteiger charge is 2.27. The Labute approximate surface area is 216 Å². The first-order chi connectivity index (χ1) is 18.0. The van der Waals surface area contributed by atoms with Crippen molar-refractivity contribution < 1.29 is 19.1 Å². The number of hydrogen-bond acceptors (Lipinski definition) is 5. The first-order valence-corrected chi connectivity index (χ1v) is 12.8. The standard InChI is InChI=1S/C29H34N4O4/c30-15-16-31-27(34)21-7-11-25(12-8-21)37-26-13-9-22(10-14-26)28(35)32-17-18-33-29(36)24-6-5-20-3-1-2-4-23(20)19-24/h1-6,9-10,13-14,19,21,25H,7-8,11-12,15-18,30H2,(H,31,34)(H,32,35)(H,33,36). The number of rotatable bonds is 10. The molecule has 194 valence electrons. The van der Waals surface area contributed by atoms with Gasteiger partial charge in [-0.05, 0) is 72.9 Å². The quantitative estimate of drug-likeness (QED) is 0.318. The third-order valence-electron chi connectivity index (χ3n) is 6.62. The minimum atomic E-state index is -0.212. The Bertz CT molecular complexity index is 1220. The minimum absolute atomic E-state index is 0.0230. The zero-order valence-electron chi connectivity index (χ0n) is 20.9. The lowest BCUT2D eigenvalue weighted by Crippen LogP contribution is -2.37. The fourth-order valence-corrected chi connectivity index (χ4v) is 4.55. The summed E-state index contributed by atoms with van der Waals surface area (Å²) in [6.07, 6.45) is 3.27. The second-order valence-electron chi connectivity index (χ2n) is 9.27. The van der Waals surface area contributed by atoms with Crippen molar-refractivity contribution in [2.45, 2.75) is 31.8 Å². The van der Waals surface area contributed by atoms with Gasteiger partial charge >= 0.3 is 0 Å². The Morgan fingerprint density at radius 2 is 1.35 bits per heavy atom. The van der Waals surface area contributed by atoms with Gasteiger partial charge in [-0.2, -0.15) is 0 Å². The van der Waals surface area contributed by atoms with Gasteiger partial charge in [0.05, 0.1) is 6.10 Å². The summed E-state index contributed by atoms with van der Waals surface area (Å²) in [7, 11) is 0. The number of carbonyl (C=O) groups excluding carboxylic acids is 3. The van der Waals surface area contributed by atoms with Crippen molar-refractivity contribution in [3.63, 3.8) is 0 Å². The van der Waals surface area contributed by atoms with Gasteiger partial charge in [0.25, 0.3) is 11.8 Å². The fourth-order valence-electron chi connectivity index (χ4n) is 4.55. The summed E-state index contributed by atoms with van der Waals surface area (Å²) in [5.41, 5.74) is 6.55. The van der Waals surface area contributed by atoms with Crippen LogP contribution in [0.4, 0.5) is 0 Å². The molecule has 3 amide bonds. The third-order valence-corrected chi connectivity index (χ3v) is 6.62. The molecule has 8 nitrogen and oxygen atoms in total. The van der Waals surface area contributed by atoms with Gasteiger partial charge in [0.2, 0.25) is 5.91 Å². The number of fused-ring (bicyclic) bond motifs is 1. The lowest BCUT2D eigenvalue weighted by molar-refractivity contribution is -0.126. The molecule has 0 radical (unpaired) electrons. The summed E-state index contributed by atoms with van der Waals surface area (Å²) in [6, 6.07) is 20.5. The molecule has 3 aromatic rings. The number of hydrogen-bond donors (Lipinski definition) is 4. The van der Waals surface area contributed by atoms with E-state index < -0.39 is 0 Å². The predicted octanol–water partition coefficient (Wildman–Crippen LogP) is 3.01. The van der Waals surface area contributed by atoms with Crippen LogP contribution in [0.5, 0.6) is 5.75 Å². The molecule has 0 unspecified atom stereocenters. The Morgan fingerprint density at radius 3 is 2.03 bits per heavy atom. The second kappa shape index (κ2) is 12.9. The average molecular weight is 503 g/mol. The van der Waals surface area contributed by atoms with Gasteiger partial charge in [0, 0.05) is 43.2 Å². The highest BCUT2D eigenvalue weighted by atomic mass is 16.5. The first-order valence-electron chi connectivity index (χ1n) is 12.8. The van der Waals surface area contributed by atoms with Crippen molar-refractivity contribution in [2.75, 3.05) is 26.2 Å². The molecule has 4 rings (SSSR count). The highest BCUT2D eigenvalue weighted by Crippen LogP contribution is 2.28. The molecule has 1 aliphatic rings. The largest absolute Gasteiger partial charge is 0.490 e. The normalized spacial score (nSPS) is 17.1. The molecule has 1 aliphatic carbocycles. The van der Waals surface area contributed by atoms with Crippen molar-refractivity contribution in [3.05, 3.63) is 77.9 Å². The Morgan fingerprint density at radius 1 is 0.730 bits per heavy atom. The van der Waals surface area contributed by atoms with Crippen molar-refractivity contribution in [1.29, 1.82) is 0 Å². The summed E-state index contributed by atoms with van der Waals surface area (Å²) in [5, 5.41) is 10.6. The van der Waals surface area contributed by atoms with E-state index in [1.165, 1.54) is 0 Å². The molecule has 8 heteroatoms. The van der Waals surface area contributed by atoms with E-state index >= 15 is 0 Å². The summed E-state index contributed by atoms with van der Waals surface area (Å²) in [5.74, 6) is 0.416. The van der Waals surface area contributed by atoms with Crippen molar-refractivity contribution >= 4 is 28.5 Å². The van der Waals surface area contributed by atoms with E-state index in [1.54, 1.807) is 30.3 Å². The van der Waals surface area contributed by atoms with Crippen molar-refractivity contribution in [1.82, 2.24) is 16.0 Å². The monoisotopic (exact) mass is 502 g/mol. The molecule has 37 heavy (non-hydrogen) atoms. The van der Waals surface area contributed by atoms with Crippen LogP contribution in [0.1, 0.15) is 46.4 Å². The molecular weight excluding hydrogens is 468 g/mol. The van der Waals surface area contributed by atoms with E-state index in [4.69, 9.17) is 10.5 Å². The minimum Gasteiger partial charge on any atom is -0.490 e. The highest BCUT2D eigenvalue weighted by molar-refractivity contribution is 5.98. The molecule has 1 fully saturated rings. The second-order valence-corrected chi connectivity index (χ2v) is 9.27. The number of nitrogens with one attached hydrogen (secondary N) is 3. The van der Waals surface area contributed by atoms with Gasteiger partial charge in [0.15, 0.2) is 0 Å². The molecule has 0 aliphatic heterocycles. The molecule has 0 spiro atoms. The van der Waals surface area contributed by atoms with Gasteiger partial charge in [-0.25, -0.2) is 0 Å². The van der Waals surface area contributed by atoms with Gasteiger partial charge in [-0.3, -0.25) is 14.4 Å². The van der Waals surface area contributed by atoms with E-state index in [-0.39, 0.29) is 29.7 Å². The molecule has 0 atom stereocenters. The summed E-state index contributed by atoms with van der Waals surface area (Å²) in [6.45, 7) is 1.60. The van der Waals surface area contributed by atoms with Crippen LogP contribution in [0.25, 0.3) is 10.8 Å². The van der Waals surface area contributed by atoms with Crippen LogP contribution in [0.3, 0.4) is 0 Å².